The maximum absolute atomic E-state index is 11.5. The summed E-state index contributed by atoms with van der Waals surface area (Å²) in [6.07, 6.45) is 2.72. The van der Waals surface area contributed by atoms with Crippen LogP contribution < -0.4 is 0 Å². The Morgan fingerprint density at radius 3 is 2.38 bits per heavy atom. The summed E-state index contributed by atoms with van der Waals surface area (Å²) in [6.45, 7) is 0. The van der Waals surface area contributed by atoms with Gasteiger partial charge < -0.3 is 0 Å². The Kier molecular flexibility index (Phi) is 4.03. The van der Waals surface area contributed by atoms with Gasteiger partial charge in [0.25, 0.3) is 0 Å². The highest BCUT2D eigenvalue weighted by Crippen LogP contribution is 2.22. The fourth-order valence-corrected chi connectivity index (χ4v) is 2.75. The molecular formula is C19H15ClO. The van der Waals surface area contributed by atoms with E-state index in [0.29, 0.717) is 0 Å². The second-order valence-electron chi connectivity index (χ2n) is 5.10. The van der Waals surface area contributed by atoms with E-state index in [-0.39, 0.29) is 0 Å². The van der Waals surface area contributed by atoms with Gasteiger partial charge in [-0.1, -0.05) is 60.1 Å². The molecule has 0 bridgehead atoms. The van der Waals surface area contributed by atoms with E-state index in [2.05, 4.69) is 12.1 Å². The van der Waals surface area contributed by atoms with Crippen LogP contribution in [0.5, 0.6) is 0 Å². The molecule has 0 aliphatic carbocycles. The molecule has 1 nitrogen and oxygen atoms in total. The quantitative estimate of drug-likeness (QED) is 0.612. The number of hydrogen-bond acceptors (Lipinski definition) is 1. The van der Waals surface area contributed by atoms with Crippen molar-refractivity contribution in [3.05, 3.63) is 82.4 Å². The lowest BCUT2D eigenvalue weighted by Gasteiger charge is -2.09. The Bertz CT molecular complexity index is 775. The Morgan fingerprint density at radius 1 is 0.857 bits per heavy atom. The van der Waals surface area contributed by atoms with Crippen LogP contribution in [0.15, 0.2) is 60.7 Å². The fourth-order valence-electron chi connectivity index (χ4n) is 2.63. The van der Waals surface area contributed by atoms with Crippen molar-refractivity contribution in [2.45, 2.75) is 12.8 Å². The molecule has 104 valence electrons. The number of carbonyl (C=O) groups excluding carboxylic acids is 1. The van der Waals surface area contributed by atoms with Crippen molar-refractivity contribution in [1.82, 2.24) is 0 Å². The number of carbonyl (C=O) groups is 1. The summed E-state index contributed by atoms with van der Waals surface area (Å²) >= 11 is 5.90. The number of fused-ring (bicyclic) bond motifs is 1. The number of benzene rings is 3. The summed E-state index contributed by atoms with van der Waals surface area (Å²) in [5, 5.41) is 2.88. The Hall–Kier alpha value is -2.12. The van der Waals surface area contributed by atoms with Crippen LogP contribution in [-0.2, 0) is 12.8 Å². The number of rotatable bonds is 4. The molecule has 3 aromatic carbocycles. The molecule has 0 fully saturated rings. The molecule has 0 N–H and O–H groups in total. The predicted octanol–water partition coefficient (Wildman–Crippen LogP) is 5.09. The van der Waals surface area contributed by atoms with E-state index < -0.39 is 0 Å². The van der Waals surface area contributed by atoms with Crippen molar-refractivity contribution in [3.8, 4) is 0 Å². The van der Waals surface area contributed by atoms with Crippen LogP contribution in [0, 0.1) is 0 Å². The van der Waals surface area contributed by atoms with Gasteiger partial charge in [-0.3, -0.25) is 4.79 Å². The van der Waals surface area contributed by atoms with Crippen molar-refractivity contribution >= 4 is 28.7 Å². The number of aldehydes is 1. The lowest BCUT2D eigenvalue weighted by Crippen LogP contribution is -1.97. The third-order valence-corrected chi connectivity index (χ3v) is 4.03. The summed E-state index contributed by atoms with van der Waals surface area (Å²) in [7, 11) is 0. The molecule has 0 unspecified atom stereocenters. The second kappa shape index (κ2) is 6.11. The smallest absolute Gasteiger partial charge is 0.150 e. The Morgan fingerprint density at radius 2 is 1.62 bits per heavy atom. The average Bonchev–Trinajstić information content (AvgIpc) is 2.53. The molecule has 0 amide bonds. The first-order chi connectivity index (χ1) is 10.3. The van der Waals surface area contributed by atoms with E-state index in [1.165, 1.54) is 5.56 Å². The minimum absolute atomic E-state index is 0.748. The van der Waals surface area contributed by atoms with Crippen LogP contribution in [0.25, 0.3) is 10.8 Å². The van der Waals surface area contributed by atoms with Gasteiger partial charge in [-0.15, -0.1) is 0 Å². The topological polar surface area (TPSA) is 17.1 Å². The molecule has 0 aromatic heterocycles. The lowest BCUT2D eigenvalue weighted by molar-refractivity contribution is 0.112. The maximum atomic E-state index is 11.5. The normalized spacial score (nSPS) is 10.7. The first-order valence-corrected chi connectivity index (χ1v) is 7.36. The highest BCUT2D eigenvalue weighted by Gasteiger charge is 2.07. The van der Waals surface area contributed by atoms with Crippen molar-refractivity contribution < 1.29 is 4.79 Å². The standard InChI is InChI=1S/C19H15ClO/c20-17-11-6-14(7-12-17)5-8-16-10-9-15-3-1-2-4-18(15)19(16)13-21/h1-4,6-7,9-13H,5,8H2. The summed E-state index contributed by atoms with van der Waals surface area (Å²) in [5.41, 5.74) is 3.13. The molecule has 0 saturated carbocycles. The molecule has 3 aromatic rings. The molecule has 3 rings (SSSR count). The number of halogens is 1. The summed E-state index contributed by atoms with van der Waals surface area (Å²) in [4.78, 5) is 11.5. The van der Waals surface area contributed by atoms with Gasteiger partial charge in [0.2, 0.25) is 0 Å². The largest absolute Gasteiger partial charge is 0.298 e. The van der Waals surface area contributed by atoms with Gasteiger partial charge in [0.05, 0.1) is 0 Å². The lowest BCUT2D eigenvalue weighted by atomic mass is 9.95. The third kappa shape index (κ3) is 2.98. The SMILES string of the molecule is O=Cc1c(CCc2ccc(Cl)cc2)ccc2ccccc12. The molecule has 0 atom stereocenters. The van der Waals surface area contributed by atoms with Gasteiger partial charge >= 0.3 is 0 Å². The zero-order valence-electron chi connectivity index (χ0n) is 11.6. The van der Waals surface area contributed by atoms with E-state index in [0.717, 1.165) is 46.0 Å². The molecule has 0 heterocycles. The van der Waals surface area contributed by atoms with Gasteiger partial charge in [-0.2, -0.15) is 0 Å². The minimum atomic E-state index is 0.748. The first kappa shape index (κ1) is 13.8. The Labute approximate surface area is 129 Å². The molecule has 2 heteroatoms. The van der Waals surface area contributed by atoms with E-state index in [1.54, 1.807) is 0 Å². The summed E-state index contributed by atoms with van der Waals surface area (Å²) < 4.78 is 0. The first-order valence-electron chi connectivity index (χ1n) is 6.98. The number of hydrogen-bond donors (Lipinski definition) is 0. The monoisotopic (exact) mass is 294 g/mol. The fraction of sp³-hybridized carbons (Fsp3) is 0.105. The molecule has 0 saturated heterocycles. The Balaban J connectivity index is 1.90. The average molecular weight is 295 g/mol. The van der Waals surface area contributed by atoms with Crippen LogP contribution in [0.3, 0.4) is 0 Å². The van der Waals surface area contributed by atoms with Gasteiger partial charge in [0.1, 0.15) is 0 Å². The van der Waals surface area contributed by atoms with E-state index >= 15 is 0 Å². The molecular weight excluding hydrogens is 280 g/mol. The van der Waals surface area contributed by atoms with Gasteiger partial charge in [-0.05, 0) is 46.9 Å². The second-order valence-corrected chi connectivity index (χ2v) is 5.54. The highest BCUT2D eigenvalue weighted by atomic mass is 35.5. The minimum Gasteiger partial charge on any atom is -0.298 e. The van der Waals surface area contributed by atoms with E-state index in [9.17, 15) is 4.79 Å². The van der Waals surface area contributed by atoms with Crippen molar-refractivity contribution in [2.24, 2.45) is 0 Å². The van der Waals surface area contributed by atoms with Crippen molar-refractivity contribution in [3.63, 3.8) is 0 Å². The highest BCUT2D eigenvalue weighted by molar-refractivity contribution is 6.30. The maximum Gasteiger partial charge on any atom is 0.150 e. The van der Waals surface area contributed by atoms with E-state index in [1.807, 2.05) is 48.5 Å². The van der Waals surface area contributed by atoms with Crippen LogP contribution in [-0.4, -0.2) is 6.29 Å². The number of aryl methyl sites for hydroxylation is 2. The summed E-state index contributed by atoms with van der Waals surface area (Å²) in [6, 6.07) is 20.0. The zero-order valence-corrected chi connectivity index (χ0v) is 12.3. The van der Waals surface area contributed by atoms with Crippen LogP contribution in [0.2, 0.25) is 5.02 Å². The van der Waals surface area contributed by atoms with Crippen LogP contribution >= 0.6 is 11.6 Å². The zero-order chi connectivity index (χ0) is 14.7. The molecule has 0 aliphatic heterocycles. The van der Waals surface area contributed by atoms with Gasteiger partial charge in [0, 0.05) is 10.6 Å². The molecule has 21 heavy (non-hydrogen) atoms. The van der Waals surface area contributed by atoms with Crippen LogP contribution in [0.4, 0.5) is 0 Å². The van der Waals surface area contributed by atoms with E-state index in [4.69, 9.17) is 11.6 Å². The van der Waals surface area contributed by atoms with Crippen LogP contribution in [0.1, 0.15) is 21.5 Å². The van der Waals surface area contributed by atoms with Gasteiger partial charge in [-0.25, -0.2) is 0 Å². The van der Waals surface area contributed by atoms with Gasteiger partial charge in [0.15, 0.2) is 6.29 Å². The van der Waals surface area contributed by atoms with Crippen molar-refractivity contribution in [2.75, 3.05) is 0 Å². The predicted molar refractivity (Wildman–Crippen MR) is 88.2 cm³/mol. The molecule has 0 radical (unpaired) electrons. The summed E-state index contributed by atoms with van der Waals surface area (Å²) in [5.74, 6) is 0. The molecule has 0 spiro atoms. The molecule has 0 aliphatic rings. The third-order valence-electron chi connectivity index (χ3n) is 3.78. The van der Waals surface area contributed by atoms with Crippen molar-refractivity contribution in [1.29, 1.82) is 0 Å².